The fraction of sp³-hybridized carbons (Fsp3) is 0.842. The molecule has 11 nitrogen and oxygen atoms in total. The van der Waals surface area contributed by atoms with Gasteiger partial charge in [-0.1, -0.05) is 27.7 Å². The molecule has 0 aliphatic heterocycles. The Morgan fingerprint density at radius 1 is 0.710 bits per heavy atom. The molecule has 31 heavy (non-hydrogen) atoms. The quantitative estimate of drug-likeness (QED) is 0.175. The van der Waals surface area contributed by atoms with Gasteiger partial charge in [-0.25, -0.2) is 4.72 Å². The van der Waals surface area contributed by atoms with Crippen LogP contribution in [0.15, 0.2) is 0 Å². The third kappa shape index (κ3) is 12.8. The maximum atomic E-state index is 10.6. The van der Waals surface area contributed by atoms with Crippen LogP contribution in [0.25, 0.3) is 0 Å². The van der Waals surface area contributed by atoms with Gasteiger partial charge in [0.1, 0.15) is 0 Å². The molecule has 0 aliphatic carbocycles. The molecule has 12 heteroatoms. The molecular weight excluding hydrogens is 418 g/mol. The van der Waals surface area contributed by atoms with Gasteiger partial charge in [-0.05, 0) is 52.1 Å². The summed E-state index contributed by atoms with van der Waals surface area (Å²) < 4.78 is 23.5. The van der Waals surface area contributed by atoms with E-state index in [9.17, 15) is 8.76 Å². The summed E-state index contributed by atoms with van der Waals surface area (Å²) in [6.07, 6.45) is 1.98. The molecule has 0 bridgehead atoms. The van der Waals surface area contributed by atoms with Gasteiger partial charge in [0.2, 0.25) is 17.8 Å². The molecule has 1 unspecified atom stereocenters. The molecule has 4 N–H and O–H groups in total. The van der Waals surface area contributed by atoms with Crippen molar-refractivity contribution in [2.24, 2.45) is 0 Å². The van der Waals surface area contributed by atoms with E-state index < -0.39 is 11.3 Å². The largest absolute Gasteiger partial charge is 0.760 e. The number of nitrogens with one attached hydrogen (secondary N) is 4. The molecular formula is C19H40N9O2S-. The van der Waals surface area contributed by atoms with Gasteiger partial charge in [-0.15, -0.1) is 0 Å². The van der Waals surface area contributed by atoms with Gasteiger partial charge in [-0.2, -0.15) is 15.0 Å². The molecule has 0 aromatic carbocycles. The highest BCUT2D eigenvalue weighted by Crippen LogP contribution is 2.09. The Balaban J connectivity index is 2.62. The Bertz CT molecular complexity index is 578. The van der Waals surface area contributed by atoms with Crippen molar-refractivity contribution < 1.29 is 8.76 Å². The minimum absolute atomic E-state index is 0.251. The first-order valence-corrected chi connectivity index (χ1v) is 12.3. The number of anilines is 3. The van der Waals surface area contributed by atoms with Crippen LogP contribution >= 0.6 is 0 Å². The van der Waals surface area contributed by atoms with Crippen molar-refractivity contribution >= 4 is 29.1 Å². The minimum atomic E-state index is -2.28. The molecule has 0 spiro atoms. The van der Waals surface area contributed by atoms with Crippen LogP contribution in [0.4, 0.5) is 17.8 Å². The lowest BCUT2D eigenvalue weighted by Crippen LogP contribution is -2.26. The highest BCUT2D eigenvalue weighted by atomic mass is 32.2. The van der Waals surface area contributed by atoms with Gasteiger partial charge in [0.05, 0.1) is 0 Å². The van der Waals surface area contributed by atoms with Crippen molar-refractivity contribution in [3.63, 3.8) is 0 Å². The van der Waals surface area contributed by atoms with Gasteiger partial charge in [-0.3, -0.25) is 4.21 Å². The van der Waals surface area contributed by atoms with Crippen molar-refractivity contribution in [1.82, 2.24) is 29.5 Å². The second-order valence-electron chi connectivity index (χ2n) is 6.98. The Labute approximate surface area is 189 Å². The van der Waals surface area contributed by atoms with Crippen molar-refractivity contribution in [2.75, 3.05) is 81.4 Å². The van der Waals surface area contributed by atoms with E-state index in [1.165, 1.54) is 0 Å². The monoisotopic (exact) mass is 458 g/mol. The van der Waals surface area contributed by atoms with Gasteiger partial charge >= 0.3 is 0 Å². The zero-order valence-electron chi connectivity index (χ0n) is 19.4. The smallest absolute Gasteiger partial charge is 0.229 e. The SMILES string of the molecule is CCN(CC)CCCNc1nc(NCCCN(CC)CC)nc(NCCNS(=O)[O-])n1. The number of rotatable bonds is 19. The number of nitrogens with zero attached hydrogens (tertiary/aromatic N) is 5. The van der Waals surface area contributed by atoms with Gasteiger partial charge < -0.3 is 30.3 Å². The molecule has 1 heterocycles. The second-order valence-corrected chi connectivity index (χ2v) is 7.73. The molecule has 0 saturated heterocycles. The number of hydrogen-bond donors (Lipinski definition) is 4. The first-order valence-electron chi connectivity index (χ1n) is 11.3. The molecule has 1 atom stereocenters. The Hall–Kier alpha value is -1.60. The molecule has 0 amide bonds. The van der Waals surface area contributed by atoms with Crippen molar-refractivity contribution in [1.29, 1.82) is 0 Å². The summed E-state index contributed by atoms with van der Waals surface area (Å²) in [5.41, 5.74) is 0. The lowest BCUT2D eigenvalue weighted by molar-refractivity contribution is 0.303. The molecule has 0 saturated carbocycles. The fourth-order valence-electron chi connectivity index (χ4n) is 3.01. The summed E-state index contributed by atoms with van der Waals surface area (Å²) in [4.78, 5) is 18.0. The highest BCUT2D eigenvalue weighted by molar-refractivity contribution is 7.77. The summed E-state index contributed by atoms with van der Waals surface area (Å²) in [5.74, 6) is 1.42. The summed E-state index contributed by atoms with van der Waals surface area (Å²) in [6.45, 7) is 17.0. The summed E-state index contributed by atoms with van der Waals surface area (Å²) in [5, 5.41) is 9.59. The van der Waals surface area contributed by atoms with Crippen molar-refractivity contribution in [2.45, 2.75) is 40.5 Å². The van der Waals surface area contributed by atoms with Crippen LogP contribution < -0.4 is 20.7 Å². The van der Waals surface area contributed by atoms with E-state index in [1.807, 2.05) is 0 Å². The average Bonchev–Trinajstić information content (AvgIpc) is 2.77. The highest BCUT2D eigenvalue weighted by Gasteiger charge is 2.07. The van der Waals surface area contributed by atoms with Crippen LogP contribution in [0.1, 0.15) is 40.5 Å². The Morgan fingerprint density at radius 2 is 1.10 bits per heavy atom. The predicted octanol–water partition coefficient (Wildman–Crippen LogP) is 0.955. The molecule has 0 aliphatic rings. The second kappa shape index (κ2) is 17.0. The summed E-state index contributed by atoms with van der Waals surface area (Å²) in [7, 11) is 0. The molecule has 1 rings (SSSR count). The van der Waals surface area contributed by atoms with Gasteiger partial charge in [0, 0.05) is 37.4 Å². The summed E-state index contributed by atoms with van der Waals surface area (Å²) >= 11 is -2.28. The van der Waals surface area contributed by atoms with E-state index in [-0.39, 0.29) is 6.54 Å². The van der Waals surface area contributed by atoms with Crippen LogP contribution in [-0.4, -0.2) is 99.0 Å². The lowest BCUT2D eigenvalue weighted by Gasteiger charge is -2.18. The van der Waals surface area contributed by atoms with Crippen LogP contribution in [-0.2, 0) is 11.3 Å². The first kappa shape index (κ1) is 27.4. The molecule has 0 radical (unpaired) electrons. The van der Waals surface area contributed by atoms with Gasteiger partial charge in [0.25, 0.3) is 0 Å². The normalized spacial score (nSPS) is 12.4. The number of aromatic nitrogens is 3. The Kier molecular flexibility index (Phi) is 15.1. The van der Waals surface area contributed by atoms with E-state index in [2.05, 4.69) is 73.1 Å². The Morgan fingerprint density at radius 3 is 1.45 bits per heavy atom. The van der Waals surface area contributed by atoms with Crippen LogP contribution in [0, 0.1) is 0 Å². The zero-order valence-corrected chi connectivity index (χ0v) is 20.3. The molecule has 1 aromatic heterocycles. The lowest BCUT2D eigenvalue weighted by atomic mass is 10.3. The third-order valence-corrected chi connectivity index (χ3v) is 5.36. The van der Waals surface area contributed by atoms with E-state index >= 15 is 0 Å². The molecule has 1 aromatic rings. The maximum Gasteiger partial charge on any atom is 0.229 e. The average molecular weight is 459 g/mol. The topological polar surface area (TPSA) is 133 Å². The van der Waals surface area contributed by atoms with E-state index in [1.54, 1.807) is 0 Å². The van der Waals surface area contributed by atoms with Crippen LogP contribution in [0.2, 0.25) is 0 Å². The standard InChI is InChI=1S/C19H41N9O2S/c1-5-27(6-2)15-9-11-20-17-24-18(21-12-10-16-28(7-3)8-4)26-19(25-17)22-13-14-23-31(29)30/h23H,5-16H2,1-4H3,(H,29,30)(H3,20,21,22,24,25,26)/p-1. The predicted molar refractivity (Wildman–Crippen MR) is 127 cm³/mol. The zero-order chi connectivity index (χ0) is 22.9. The van der Waals surface area contributed by atoms with Crippen LogP contribution in [0.5, 0.6) is 0 Å². The van der Waals surface area contributed by atoms with Crippen molar-refractivity contribution in [3.8, 4) is 0 Å². The third-order valence-electron chi connectivity index (χ3n) is 4.92. The molecule has 0 fully saturated rings. The van der Waals surface area contributed by atoms with Gasteiger partial charge in [0.15, 0.2) is 0 Å². The van der Waals surface area contributed by atoms with E-state index in [0.717, 1.165) is 65.2 Å². The number of hydrogen-bond acceptors (Lipinski definition) is 10. The first-order chi connectivity index (χ1) is 15.0. The van der Waals surface area contributed by atoms with E-state index in [0.29, 0.717) is 24.4 Å². The van der Waals surface area contributed by atoms with E-state index in [4.69, 9.17) is 0 Å². The van der Waals surface area contributed by atoms with Crippen molar-refractivity contribution in [3.05, 3.63) is 0 Å². The summed E-state index contributed by atoms with van der Waals surface area (Å²) in [6, 6.07) is 0. The molecule has 180 valence electrons. The minimum Gasteiger partial charge on any atom is -0.760 e. The fourth-order valence-corrected chi connectivity index (χ4v) is 3.28. The maximum absolute atomic E-state index is 10.6. The van der Waals surface area contributed by atoms with Crippen LogP contribution in [0.3, 0.4) is 0 Å².